The lowest BCUT2D eigenvalue weighted by atomic mass is 9.99. The fraction of sp³-hybridized carbons (Fsp3) is 0.600. The number of hydrogen-bond donors (Lipinski definition) is 1. The second-order valence-corrected chi connectivity index (χ2v) is 5.39. The van der Waals surface area contributed by atoms with Crippen LogP contribution in [-0.2, 0) is 17.6 Å². The van der Waals surface area contributed by atoms with E-state index in [2.05, 4.69) is 0 Å². The van der Waals surface area contributed by atoms with Crippen molar-refractivity contribution in [2.45, 2.75) is 38.6 Å². The lowest BCUT2D eigenvalue weighted by Gasteiger charge is -2.14. The van der Waals surface area contributed by atoms with Crippen LogP contribution in [0.25, 0.3) is 0 Å². The predicted molar refractivity (Wildman–Crippen MR) is 78.1 cm³/mol. The van der Waals surface area contributed by atoms with Gasteiger partial charge in [0.15, 0.2) is 0 Å². The lowest BCUT2D eigenvalue weighted by molar-refractivity contribution is 0.142. The monoisotopic (exact) mass is 283 g/mol. The van der Waals surface area contributed by atoms with Crippen molar-refractivity contribution in [2.24, 2.45) is 5.73 Å². The molecule has 2 N–H and O–H groups in total. The Kier molecular flexibility index (Phi) is 5.49. The molecule has 1 aromatic carbocycles. The summed E-state index contributed by atoms with van der Waals surface area (Å²) in [4.78, 5) is 0. The smallest absolute Gasteiger partial charge is 0.125 e. The van der Waals surface area contributed by atoms with Crippen LogP contribution in [0.5, 0.6) is 5.75 Å². The van der Waals surface area contributed by atoms with Crippen LogP contribution in [0.2, 0.25) is 5.02 Å². The summed E-state index contributed by atoms with van der Waals surface area (Å²) in [6.07, 6.45) is 3.72. The van der Waals surface area contributed by atoms with Gasteiger partial charge in [-0.05, 0) is 49.4 Å². The van der Waals surface area contributed by atoms with E-state index in [1.807, 2.05) is 19.1 Å². The van der Waals surface area contributed by atoms with Gasteiger partial charge < -0.3 is 15.2 Å². The van der Waals surface area contributed by atoms with Crippen molar-refractivity contribution >= 4 is 11.6 Å². The number of ether oxygens (including phenoxy) is 2. The molecule has 0 saturated heterocycles. The topological polar surface area (TPSA) is 44.5 Å². The highest BCUT2D eigenvalue weighted by molar-refractivity contribution is 6.30. The minimum atomic E-state index is 0.132. The molecule has 2 rings (SSSR count). The first-order valence-electron chi connectivity index (χ1n) is 6.98. The Bertz CT molecular complexity index is 423. The Balaban J connectivity index is 1.92. The molecule has 4 heteroatoms. The van der Waals surface area contributed by atoms with Crippen LogP contribution in [-0.4, -0.2) is 25.9 Å². The molecule has 1 atom stereocenters. The van der Waals surface area contributed by atoms with Crippen LogP contribution in [0.3, 0.4) is 0 Å². The molecule has 0 bridgehead atoms. The maximum atomic E-state index is 6.18. The number of benzene rings is 1. The van der Waals surface area contributed by atoms with Gasteiger partial charge in [-0.2, -0.15) is 0 Å². The van der Waals surface area contributed by atoms with Crippen molar-refractivity contribution in [2.75, 3.05) is 19.8 Å². The number of fused-ring (bicyclic) bond motifs is 1. The summed E-state index contributed by atoms with van der Waals surface area (Å²) in [6.45, 7) is 4.31. The molecule has 0 spiro atoms. The third-order valence-electron chi connectivity index (χ3n) is 3.38. The van der Waals surface area contributed by atoms with Crippen molar-refractivity contribution in [1.82, 2.24) is 0 Å². The molecule has 106 valence electrons. The van der Waals surface area contributed by atoms with Crippen LogP contribution in [0.1, 0.15) is 30.9 Å². The van der Waals surface area contributed by atoms with Crippen molar-refractivity contribution in [3.8, 4) is 5.75 Å². The Hall–Kier alpha value is -0.770. The molecule has 1 heterocycles. The fourth-order valence-corrected chi connectivity index (χ4v) is 2.74. The summed E-state index contributed by atoms with van der Waals surface area (Å²) in [5, 5.41) is 0.778. The van der Waals surface area contributed by atoms with Crippen LogP contribution in [0.4, 0.5) is 0 Å². The van der Waals surface area contributed by atoms with Crippen LogP contribution >= 0.6 is 11.6 Å². The standard InChI is InChI=1S/C15H22ClNO2/c1-2-18-6-3-4-14(17)10-12-9-13(16)8-11-5-7-19-15(11)12/h8-9,14H,2-7,10,17H2,1H3. The van der Waals surface area contributed by atoms with Gasteiger partial charge in [0.1, 0.15) is 5.75 Å². The van der Waals surface area contributed by atoms with Gasteiger partial charge in [-0.1, -0.05) is 11.6 Å². The molecule has 19 heavy (non-hydrogen) atoms. The first-order valence-corrected chi connectivity index (χ1v) is 7.36. The van der Waals surface area contributed by atoms with E-state index < -0.39 is 0 Å². The molecule has 0 aliphatic carbocycles. The normalized spacial score (nSPS) is 15.1. The second kappa shape index (κ2) is 7.13. The predicted octanol–water partition coefficient (Wildman–Crippen LogP) is 2.96. The molecule has 3 nitrogen and oxygen atoms in total. The van der Waals surface area contributed by atoms with E-state index in [0.717, 1.165) is 61.8 Å². The van der Waals surface area contributed by atoms with Gasteiger partial charge in [-0.3, -0.25) is 0 Å². The van der Waals surface area contributed by atoms with E-state index in [-0.39, 0.29) is 6.04 Å². The minimum Gasteiger partial charge on any atom is -0.493 e. The number of halogens is 1. The van der Waals surface area contributed by atoms with Crippen molar-refractivity contribution in [1.29, 1.82) is 0 Å². The van der Waals surface area contributed by atoms with E-state index in [1.54, 1.807) is 0 Å². The highest BCUT2D eigenvalue weighted by Crippen LogP contribution is 2.33. The number of nitrogens with two attached hydrogens (primary N) is 1. The van der Waals surface area contributed by atoms with Crippen LogP contribution in [0, 0.1) is 0 Å². The first-order chi connectivity index (χ1) is 9.20. The van der Waals surface area contributed by atoms with Gasteiger partial charge in [0.2, 0.25) is 0 Å². The fourth-order valence-electron chi connectivity index (χ4n) is 2.47. The van der Waals surface area contributed by atoms with Gasteiger partial charge in [0.25, 0.3) is 0 Å². The third-order valence-corrected chi connectivity index (χ3v) is 3.59. The number of hydrogen-bond acceptors (Lipinski definition) is 3. The molecule has 0 aromatic heterocycles. The summed E-state index contributed by atoms with van der Waals surface area (Å²) in [5.41, 5.74) is 8.53. The Morgan fingerprint density at radius 1 is 1.47 bits per heavy atom. The summed E-state index contributed by atoms with van der Waals surface area (Å²) < 4.78 is 11.0. The molecule has 1 aliphatic heterocycles. The molecular formula is C15H22ClNO2. The Labute approximate surface area is 120 Å². The zero-order valence-corrected chi connectivity index (χ0v) is 12.2. The molecule has 0 amide bonds. The molecule has 0 saturated carbocycles. The van der Waals surface area contributed by atoms with Crippen molar-refractivity contribution < 1.29 is 9.47 Å². The van der Waals surface area contributed by atoms with E-state index >= 15 is 0 Å². The van der Waals surface area contributed by atoms with E-state index in [9.17, 15) is 0 Å². The largest absolute Gasteiger partial charge is 0.493 e. The van der Waals surface area contributed by atoms with Gasteiger partial charge >= 0.3 is 0 Å². The molecular weight excluding hydrogens is 262 g/mol. The summed E-state index contributed by atoms with van der Waals surface area (Å²) in [6, 6.07) is 4.11. The second-order valence-electron chi connectivity index (χ2n) is 4.95. The SMILES string of the molecule is CCOCCCC(N)Cc1cc(Cl)cc2c1OCC2. The first kappa shape index (κ1) is 14.6. The van der Waals surface area contributed by atoms with Gasteiger partial charge in [0, 0.05) is 30.7 Å². The van der Waals surface area contributed by atoms with E-state index in [4.69, 9.17) is 26.8 Å². The van der Waals surface area contributed by atoms with Crippen molar-refractivity contribution in [3.63, 3.8) is 0 Å². The Morgan fingerprint density at radius 3 is 3.11 bits per heavy atom. The van der Waals surface area contributed by atoms with Gasteiger partial charge in [-0.25, -0.2) is 0 Å². The van der Waals surface area contributed by atoms with Crippen molar-refractivity contribution in [3.05, 3.63) is 28.3 Å². The highest BCUT2D eigenvalue weighted by Gasteiger charge is 2.18. The average molecular weight is 284 g/mol. The molecule has 0 fully saturated rings. The van der Waals surface area contributed by atoms with E-state index in [1.165, 1.54) is 5.56 Å². The van der Waals surface area contributed by atoms with Gasteiger partial charge in [0.05, 0.1) is 6.61 Å². The Morgan fingerprint density at radius 2 is 2.32 bits per heavy atom. The average Bonchev–Trinajstić information content (AvgIpc) is 2.82. The van der Waals surface area contributed by atoms with Gasteiger partial charge in [-0.15, -0.1) is 0 Å². The molecule has 0 radical (unpaired) electrons. The molecule has 1 aliphatic rings. The maximum absolute atomic E-state index is 6.18. The minimum absolute atomic E-state index is 0.132. The zero-order chi connectivity index (χ0) is 13.7. The lowest BCUT2D eigenvalue weighted by Crippen LogP contribution is -2.23. The third kappa shape index (κ3) is 4.10. The quantitative estimate of drug-likeness (QED) is 0.783. The summed E-state index contributed by atoms with van der Waals surface area (Å²) in [7, 11) is 0. The molecule has 1 unspecified atom stereocenters. The maximum Gasteiger partial charge on any atom is 0.125 e. The molecule has 1 aromatic rings. The number of rotatable bonds is 7. The zero-order valence-electron chi connectivity index (χ0n) is 11.5. The summed E-state index contributed by atoms with van der Waals surface area (Å²) >= 11 is 6.14. The van der Waals surface area contributed by atoms with E-state index in [0.29, 0.717) is 0 Å². The van der Waals surface area contributed by atoms with Crippen LogP contribution < -0.4 is 10.5 Å². The summed E-state index contributed by atoms with van der Waals surface area (Å²) in [5.74, 6) is 1.00. The van der Waals surface area contributed by atoms with Crippen LogP contribution in [0.15, 0.2) is 12.1 Å². The highest BCUT2D eigenvalue weighted by atomic mass is 35.5.